The molecule has 1 aromatic heterocycles. The van der Waals surface area contributed by atoms with Crippen LogP contribution < -0.4 is 0 Å². The zero-order valence-electron chi connectivity index (χ0n) is 16.3. The molecule has 0 aliphatic carbocycles. The van der Waals surface area contributed by atoms with Crippen LogP contribution in [0.15, 0.2) is 29.2 Å². The maximum atomic E-state index is 13.1. The number of sulfonamides is 1. The summed E-state index contributed by atoms with van der Waals surface area (Å²) in [7, 11) is -2.21. The third-order valence-electron chi connectivity index (χ3n) is 5.27. The average molecular weight is 429 g/mol. The molecule has 0 saturated carbocycles. The summed E-state index contributed by atoms with van der Waals surface area (Å²) < 4.78 is 67.9. The fourth-order valence-electron chi connectivity index (χ4n) is 3.72. The summed E-state index contributed by atoms with van der Waals surface area (Å²) in [5.41, 5.74) is -0.0896. The van der Waals surface area contributed by atoms with Crippen molar-refractivity contribution in [2.45, 2.75) is 37.8 Å². The van der Waals surface area contributed by atoms with Gasteiger partial charge in [0.15, 0.2) is 5.78 Å². The number of rotatable bonds is 4. The number of hydrogen-bond donors (Lipinski definition) is 0. The summed E-state index contributed by atoms with van der Waals surface area (Å²) in [4.78, 5) is 12.9. The second-order valence-electron chi connectivity index (χ2n) is 7.27. The zero-order chi connectivity index (χ0) is 21.6. The number of halogens is 3. The number of aromatic nitrogens is 2. The van der Waals surface area contributed by atoms with Crippen molar-refractivity contribution in [3.63, 3.8) is 0 Å². The standard InChI is InChI=1S/C19H22F3N3O3S/c1-12-18(13(2)24(3)23-12)29(27,28)25-9-5-7-15(11-25)17(26)14-6-4-8-16(10-14)19(20,21)22/h4,6,8,10,15H,5,7,9,11H2,1-3H3. The Kier molecular flexibility index (Phi) is 5.61. The molecule has 6 nitrogen and oxygen atoms in total. The van der Waals surface area contributed by atoms with Crippen LogP contribution in [-0.4, -0.2) is 41.4 Å². The smallest absolute Gasteiger partial charge is 0.294 e. The van der Waals surface area contributed by atoms with Gasteiger partial charge in [0.2, 0.25) is 10.0 Å². The van der Waals surface area contributed by atoms with E-state index >= 15 is 0 Å². The van der Waals surface area contributed by atoms with Crippen LogP contribution in [0.1, 0.15) is 40.2 Å². The van der Waals surface area contributed by atoms with E-state index in [-0.39, 0.29) is 23.5 Å². The topological polar surface area (TPSA) is 72.3 Å². The number of Topliss-reactive ketones (excluding diaryl/α,β-unsaturated/α-hetero) is 1. The molecular formula is C19H22F3N3O3S. The van der Waals surface area contributed by atoms with E-state index in [1.165, 1.54) is 21.1 Å². The first-order valence-corrected chi connectivity index (χ1v) is 10.6. The van der Waals surface area contributed by atoms with Gasteiger partial charge in [0.1, 0.15) is 4.90 Å². The van der Waals surface area contributed by atoms with Gasteiger partial charge in [-0.2, -0.15) is 22.6 Å². The van der Waals surface area contributed by atoms with Crippen molar-refractivity contribution < 1.29 is 26.4 Å². The van der Waals surface area contributed by atoms with Crippen molar-refractivity contribution in [1.82, 2.24) is 14.1 Å². The average Bonchev–Trinajstić information content (AvgIpc) is 2.93. The Bertz CT molecular complexity index is 1040. The van der Waals surface area contributed by atoms with Gasteiger partial charge in [0.25, 0.3) is 0 Å². The van der Waals surface area contributed by atoms with E-state index in [1.807, 2.05) is 0 Å². The predicted octanol–water partition coefficient (Wildman–Crippen LogP) is 3.34. The third kappa shape index (κ3) is 4.09. The summed E-state index contributed by atoms with van der Waals surface area (Å²) in [5.74, 6) is -1.17. The number of aryl methyl sites for hydroxylation is 2. The van der Waals surface area contributed by atoms with Crippen LogP contribution in [-0.2, 0) is 23.2 Å². The van der Waals surface area contributed by atoms with Crippen LogP contribution in [0.4, 0.5) is 13.2 Å². The SMILES string of the molecule is Cc1nn(C)c(C)c1S(=O)(=O)N1CCCC(C(=O)c2cccc(C(F)(F)F)c2)C1. The Balaban J connectivity index is 1.87. The predicted molar refractivity (Wildman–Crippen MR) is 99.9 cm³/mol. The molecule has 29 heavy (non-hydrogen) atoms. The van der Waals surface area contributed by atoms with Crippen LogP contribution in [0.5, 0.6) is 0 Å². The molecule has 0 amide bonds. The number of carbonyl (C=O) groups is 1. The first kappa shape index (κ1) is 21.5. The van der Waals surface area contributed by atoms with Gasteiger partial charge in [-0.25, -0.2) is 8.42 Å². The minimum absolute atomic E-state index is 0.0576. The van der Waals surface area contributed by atoms with Gasteiger partial charge in [0.05, 0.1) is 17.0 Å². The van der Waals surface area contributed by atoms with Crippen LogP contribution in [0.3, 0.4) is 0 Å². The molecule has 0 spiro atoms. The lowest BCUT2D eigenvalue weighted by Crippen LogP contribution is -2.42. The van der Waals surface area contributed by atoms with Gasteiger partial charge >= 0.3 is 6.18 Å². The van der Waals surface area contributed by atoms with Crippen molar-refractivity contribution in [3.8, 4) is 0 Å². The second kappa shape index (κ2) is 7.56. The van der Waals surface area contributed by atoms with Gasteiger partial charge in [0, 0.05) is 31.6 Å². The van der Waals surface area contributed by atoms with Crippen molar-refractivity contribution in [2.75, 3.05) is 13.1 Å². The Hall–Kier alpha value is -2.20. The molecule has 1 aliphatic rings. The normalized spacial score (nSPS) is 18.8. The van der Waals surface area contributed by atoms with Gasteiger partial charge in [-0.15, -0.1) is 0 Å². The summed E-state index contributed by atoms with van der Waals surface area (Å²) in [6.45, 7) is 3.45. The molecule has 10 heteroatoms. The van der Waals surface area contributed by atoms with E-state index in [9.17, 15) is 26.4 Å². The fraction of sp³-hybridized carbons (Fsp3) is 0.474. The van der Waals surface area contributed by atoms with Crippen molar-refractivity contribution >= 4 is 15.8 Å². The van der Waals surface area contributed by atoms with Gasteiger partial charge < -0.3 is 0 Å². The van der Waals surface area contributed by atoms with Crippen LogP contribution in [0.25, 0.3) is 0 Å². The number of alkyl halides is 3. The Labute approximate surface area is 167 Å². The number of hydrogen-bond acceptors (Lipinski definition) is 4. The zero-order valence-corrected chi connectivity index (χ0v) is 17.1. The highest BCUT2D eigenvalue weighted by Gasteiger charge is 2.37. The molecule has 3 rings (SSSR count). The van der Waals surface area contributed by atoms with Crippen molar-refractivity contribution in [1.29, 1.82) is 0 Å². The molecule has 0 N–H and O–H groups in total. The maximum absolute atomic E-state index is 13.1. The summed E-state index contributed by atoms with van der Waals surface area (Å²) in [5, 5.41) is 4.14. The van der Waals surface area contributed by atoms with Gasteiger partial charge in [-0.3, -0.25) is 9.48 Å². The molecular weight excluding hydrogens is 407 g/mol. The first-order chi connectivity index (χ1) is 13.4. The fourth-order valence-corrected chi connectivity index (χ4v) is 5.64. The molecule has 1 unspecified atom stereocenters. The van der Waals surface area contributed by atoms with E-state index in [0.29, 0.717) is 24.2 Å². The van der Waals surface area contributed by atoms with E-state index in [2.05, 4.69) is 5.10 Å². The molecule has 158 valence electrons. The summed E-state index contributed by atoms with van der Waals surface area (Å²) in [6.07, 6.45) is -3.67. The molecule has 1 fully saturated rings. The van der Waals surface area contributed by atoms with Crippen LogP contribution >= 0.6 is 0 Å². The number of ketones is 1. The number of carbonyl (C=O) groups excluding carboxylic acids is 1. The molecule has 1 aromatic carbocycles. The van der Waals surface area contributed by atoms with Gasteiger partial charge in [-0.05, 0) is 38.8 Å². The van der Waals surface area contributed by atoms with E-state index in [0.717, 1.165) is 12.1 Å². The Morgan fingerprint density at radius 3 is 2.52 bits per heavy atom. The lowest BCUT2D eigenvalue weighted by Gasteiger charge is -2.31. The molecule has 1 saturated heterocycles. The molecule has 0 bridgehead atoms. The quantitative estimate of drug-likeness (QED) is 0.699. The van der Waals surface area contributed by atoms with E-state index < -0.39 is 33.5 Å². The van der Waals surface area contributed by atoms with Crippen LogP contribution in [0.2, 0.25) is 0 Å². The van der Waals surface area contributed by atoms with Gasteiger partial charge in [-0.1, -0.05) is 12.1 Å². The van der Waals surface area contributed by atoms with Crippen LogP contribution in [0, 0.1) is 19.8 Å². The third-order valence-corrected chi connectivity index (χ3v) is 7.39. The Morgan fingerprint density at radius 2 is 1.93 bits per heavy atom. The van der Waals surface area contributed by atoms with E-state index in [1.54, 1.807) is 20.9 Å². The molecule has 0 radical (unpaired) electrons. The maximum Gasteiger partial charge on any atom is 0.416 e. The van der Waals surface area contributed by atoms with Crippen molar-refractivity contribution in [3.05, 3.63) is 46.8 Å². The summed E-state index contributed by atoms with van der Waals surface area (Å²) >= 11 is 0. The molecule has 1 atom stereocenters. The monoisotopic (exact) mass is 429 g/mol. The highest BCUT2D eigenvalue weighted by atomic mass is 32.2. The number of benzene rings is 1. The minimum Gasteiger partial charge on any atom is -0.294 e. The second-order valence-corrected chi connectivity index (χ2v) is 9.14. The largest absolute Gasteiger partial charge is 0.416 e. The lowest BCUT2D eigenvalue weighted by atomic mass is 9.90. The highest BCUT2D eigenvalue weighted by molar-refractivity contribution is 7.89. The number of piperidine rings is 1. The highest BCUT2D eigenvalue weighted by Crippen LogP contribution is 2.32. The minimum atomic E-state index is -4.55. The lowest BCUT2D eigenvalue weighted by molar-refractivity contribution is -0.137. The number of nitrogens with zero attached hydrogens (tertiary/aromatic N) is 3. The molecule has 2 aromatic rings. The van der Waals surface area contributed by atoms with E-state index in [4.69, 9.17) is 0 Å². The van der Waals surface area contributed by atoms with Crippen molar-refractivity contribution in [2.24, 2.45) is 13.0 Å². The molecule has 1 aliphatic heterocycles. The first-order valence-electron chi connectivity index (χ1n) is 9.14. The molecule has 2 heterocycles. The summed E-state index contributed by atoms with van der Waals surface area (Å²) in [6, 6.07) is 4.25. The Morgan fingerprint density at radius 1 is 1.24 bits per heavy atom.